The second kappa shape index (κ2) is 24.1. The van der Waals surface area contributed by atoms with Crippen molar-refractivity contribution in [3.05, 3.63) is 95.6 Å². The number of benzene rings is 3. The number of hydrogen-bond acceptors (Lipinski definition) is 12. The Balaban J connectivity index is 1.34. The normalized spacial score (nSPS) is 15.2. The molecule has 0 radical (unpaired) electrons. The zero-order valence-corrected chi connectivity index (χ0v) is 42.0. The van der Waals surface area contributed by atoms with Crippen molar-refractivity contribution in [3.63, 3.8) is 0 Å². The number of ether oxygens (including phenoxy) is 5. The summed E-state index contributed by atoms with van der Waals surface area (Å²) in [6.07, 6.45) is -3.38. The van der Waals surface area contributed by atoms with E-state index in [2.05, 4.69) is 10.6 Å². The highest BCUT2D eigenvalue weighted by atomic mass is 16.6. The van der Waals surface area contributed by atoms with Crippen molar-refractivity contribution in [1.29, 1.82) is 0 Å². The average Bonchev–Trinajstić information content (AvgIpc) is 3.60. The molecule has 18 nitrogen and oxygen atoms in total. The van der Waals surface area contributed by atoms with Gasteiger partial charge in [-0.1, -0.05) is 78.9 Å². The summed E-state index contributed by atoms with van der Waals surface area (Å²) >= 11 is 0. The second-order valence-corrected chi connectivity index (χ2v) is 20.2. The molecule has 0 unspecified atom stereocenters. The average molecular weight is 971 g/mol. The molecule has 6 amide bonds. The molecule has 1 fully saturated rings. The summed E-state index contributed by atoms with van der Waals surface area (Å²) in [4.78, 5) is 101. The van der Waals surface area contributed by atoms with E-state index in [0.717, 1.165) is 27.8 Å². The number of nitrogens with zero attached hydrogens (tertiary/aromatic N) is 4. The Bertz CT molecular complexity index is 2210. The number of alkyl carbamates (subject to hydrolysis) is 1. The number of amides is 6. The van der Waals surface area contributed by atoms with Gasteiger partial charge in [-0.25, -0.2) is 19.2 Å². The first-order valence-electron chi connectivity index (χ1n) is 23.8. The number of hydrogen-bond donors (Lipinski definition) is 2. The summed E-state index contributed by atoms with van der Waals surface area (Å²) in [6.45, 7) is 14.9. The molecule has 0 aromatic heterocycles. The Morgan fingerprint density at radius 2 is 0.971 bits per heavy atom. The fraction of sp³-hybridized carbons (Fsp3) is 0.519. The predicted molar refractivity (Wildman–Crippen MR) is 260 cm³/mol. The van der Waals surface area contributed by atoms with Crippen LogP contribution in [0.4, 0.5) is 19.2 Å². The lowest BCUT2D eigenvalue weighted by atomic mass is 9.98. The van der Waals surface area contributed by atoms with Crippen molar-refractivity contribution in [2.45, 2.75) is 111 Å². The molecule has 18 heteroatoms. The van der Waals surface area contributed by atoms with Crippen LogP contribution in [0, 0.1) is 0 Å². The highest BCUT2D eigenvalue weighted by molar-refractivity contribution is 5.89. The zero-order chi connectivity index (χ0) is 51.2. The standard InChI is InChI=1S/C52H70N6O12/c1-50(2,3)68-47(63)56-27-25-55(26-28-57(48(64)69-51(4,5)6)30-32-58(31-29-56)49(65)70-52(7,8)9)43(59)24-23-42(45(61)53-33-44(60)66-34-36-17-11-10-12-18-36)54-46(62)67-35-41-39-21-15-13-19-37(39)38-20-14-16-22-40(38)41/h10-22,41-42H,23-35H2,1-9H3,(H,53,61)(H,54,62)/t42-/m0/s1. The Kier molecular flexibility index (Phi) is 18.6. The first kappa shape index (κ1) is 54.1. The Morgan fingerprint density at radius 1 is 0.557 bits per heavy atom. The fourth-order valence-corrected chi connectivity index (χ4v) is 7.74. The maximum absolute atomic E-state index is 14.4. The number of carbonyl (C=O) groups excluding carboxylic acids is 7. The van der Waals surface area contributed by atoms with Gasteiger partial charge in [-0.2, -0.15) is 0 Å². The van der Waals surface area contributed by atoms with Crippen LogP contribution in [0.3, 0.4) is 0 Å². The first-order chi connectivity index (χ1) is 33.0. The maximum atomic E-state index is 14.4. The molecule has 1 heterocycles. The summed E-state index contributed by atoms with van der Waals surface area (Å²) in [5, 5.41) is 5.15. The van der Waals surface area contributed by atoms with E-state index in [9.17, 15) is 33.6 Å². The van der Waals surface area contributed by atoms with Crippen molar-refractivity contribution in [2.24, 2.45) is 0 Å². The number of esters is 1. The van der Waals surface area contributed by atoms with Crippen molar-refractivity contribution in [1.82, 2.24) is 30.2 Å². The molecule has 0 bridgehead atoms. The minimum Gasteiger partial charge on any atom is -0.460 e. The third kappa shape index (κ3) is 17.0. The molecule has 1 aliphatic heterocycles. The van der Waals surface area contributed by atoms with Crippen LogP contribution in [-0.4, -0.2) is 150 Å². The van der Waals surface area contributed by atoms with Crippen LogP contribution in [0.25, 0.3) is 11.1 Å². The van der Waals surface area contributed by atoms with E-state index in [1.807, 2.05) is 54.6 Å². The van der Waals surface area contributed by atoms with Gasteiger partial charge in [0.15, 0.2) is 0 Å². The Morgan fingerprint density at radius 3 is 1.41 bits per heavy atom. The lowest BCUT2D eigenvalue weighted by molar-refractivity contribution is -0.145. The molecular weight excluding hydrogens is 901 g/mol. The molecule has 1 saturated heterocycles. The monoisotopic (exact) mass is 971 g/mol. The second-order valence-electron chi connectivity index (χ2n) is 20.2. The van der Waals surface area contributed by atoms with Crippen LogP contribution in [-0.2, 0) is 44.7 Å². The molecule has 2 aliphatic rings. The molecular formula is C52H70N6O12. The van der Waals surface area contributed by atoms with Crippen molar-refractivity contribution in [2.75, 3.05) is 65.5 Å². The molecule has 1 atom stereocenters. The van der Waals surface area contributed by atoms with Gasteiger partial charge >= 0.3 is 30.3 Å². The van der Waals surface area contributed by atoms with Crippen LogP contribution in [0.5, 0.6) is 0 Å². The number of rotatable bonds is 11. The topological polar surface area (TPSA) is 203 Å². The van der Waals surface area contributed by atoms with E-state index in [1.54, 1.807) is 86.6 Å². The van der Waals surface area contributed by atoms with Crippen molar-refractivity contribution < 1.29 is 57.2 Å². The van der Waals surface area contributed by atoms with Gasteiger partial charge in [0.2, 0.25) is 11.8 Å². The van der Waals surface area contributed by atoms with Crippen LogP contribution in [0.2, 0.25) is 0 Å². The SMILES string of the molecule is CC(C)(C)OC(=O)N1CCN(C(=O)CC[C@H](NC(=O)OCC2c3ccccc3-c3ccccc32)C(=O)NCC(=O)OCc2ccccc2)CCN(C(=O)OC(C)(C)C)CCN(C(=O)OC(C)(C)C)CC1. The summed E-state index contributed by atoms with van der Waals surface area (Å²) in [5.41, 5.74) is 2.27. The van der Waals surface area contributed by atoms with E-state index >= 15 is 0 Å². The van der Waals surface area contributed by atoms with Gasteiger partial charge in [-0.3, -0.25) is 14.4 Å². The number of carbonyl (C=O) groups is 7. The molecule has 0 saturated carbocycles. The Hall–Kier alpha value is -6.85. The Labute approximate surface area is 411 Å². The largest absolute Gasteiger partial charge is 0.460 e. The summed E-state index contributed by atoms with van der Waals surface area (Å²) in [5.74, 6) is -2.20. The van der Waals surface area contributed by atoms with Gasteiger partial charge < -0.3 is 53.9 Å². The molecule has 2 N–H and O–H groups in total. The fourth-order valence-electron chi connectivity index (χ4n) is 7.74. The van der Waals surface area contributed by atoms with E-state index in [1.165, 1.54) is 19.6 Å². The van der Waals surface area contributed by atoms with Crippen molar-refractivity contribution in [3.8, 4) is 11.1 Å². The minimum atomic E-state index is -1.34. The smallest absolute Gasteiger partial charge is 0.410 e. The molecule has 70 heavy (non-hydrogen) atoms. The highest BCUT2D eigenvalue weighted by Crippen LogP contribution is 2.44. The van der Waals surface area contributed by atoms with Crippen molar-refractivity contribution >= 4 is 42.2 Å². The van der Waals surface area contributed by atoms with E-state index in [4.69, 9.17) is 23.7 Å². The zero-order valence-electron chi connectivity index (χ0n) is 42.0. The maximum Gasteiger partial charge on any atom is 0.410 e. The van der Waals surface area contributed by atoms with Crippen LogP contribution in [0.15, 0.2) is 78.9 Å². The lowest BCUT2D eigenvalue weighted by Gasteiger charge is -2.36. The number of nitrogens with one attached hydrogen (secondary N) is 2. The van der Waals surface area contributed by atoms with Gasteiger partial charge in [0, 0.05) is 64.7 Å². The molecule has 3 aromatic rings. The van der Waals surface area contributed by atoms with E-state index in [0.29, 0.717) is 0 Å². The van der Waals surface area contributed by atoms with Gasteiger partial charge in [0.1, 0.15) is 42.6 Å². The van der Waals surface area contributed by atoms with Gasteiger partial charge in [0.05, 0.1) is 0 Å². The minimum absolute atomic E-state index is 0.00269. The summed E-state index contributed by atoms with van der Waals surface area (Å²) in [7, 11) is 0. The van der Waals surface area contributed by atoms with E-state index in [-0.39, 0.29) is 84.3 Å². The molecule has 0 spiro atoms. The van der Waals surface area contributed by atoms with Gasteiger partial charge in [0.25, 0.3) is 0 Å². The van der Waals surface area contributed by atoms with Crippen LogP contribution in [0.1, 0.15) is 97.8 Å². The third-order valence-corrected chi connectivity index (χ3v) is 11.1. The highest BCUT2D eigenvalue weighted by Gasteiger charge is 2.33. The molecule has 1 aliphatic carbocycles. The molecule has 380 valence electrons. The summed E-state index contributed by atoms with van der Waals surface area (Å²) in [6, 6.07) is 23.4. The van der Waals surface area contributed by atoms with Crippen LogP contribution >= 0.6 is 0 Å². The summed E-state index contributed by atoms with van der Waals surface area (Å²) < 4.78 is 28.2. The third-order valence-electron chi connectivity index (χ3n) is 11.1. The first-order valence-corrected chi connectivity index (χ1v) is 23.8. The van der Waals surface area contributed by atoms with E-state index < -0.39 is 71.5 Å². The van der Waals surface area contributed by atoms with Gasteiger partial charge in [-0.15, -0.1) is 0 Å². The van der Waals surface area contributed by atoms with Gasteiger partial charge in [-0.05, 0) is 96.6 Å². The molecule has 3 aromatic carbocycles. The lowest BCUT2D eigenvalue weighted by Crippen LogP contribution is -2.52. The number of fused-ring (bicyclic) bond motifs is 3. The quantitative estimate of drug-likeness (QED) is 0.146. The van der Waals surface area contributed by atoms with Crippen LogP contribution < -0.4 is 10.6 Å². The predicted octanol–water partition coefficient (Wildman–Crippen LogP) is 7.09. The molecule has 5 rings (SSSR count).